The Balaban J connectivity index is 1.03. The van der Waals surface area contributed by atoms with Crippen LogP contribution in [0.5, 0.6) is 0 Å². The molecule has 260 valence electrons. The molecule has 12 rings (SSSR count). The van der Waals surface area contributed by atoms with Crippen molar-refractivity contribution in [1.29, 1.82) is 0 Å². The fraction of sp³-hybridized carbons (Fsp3) is 0. The summed E-state index contributed by atoms with van der Waals surface area (Å²) in [4.78, 5) is 15.4. The Morgan fingerprint density at radius 1 is 0.357 bits per heavy atom. The topological polar surface area (TPSA) is 56.7 Å². The third-order valence-corrected chi connectivity index (χ3v) is 11.2. The van der Waals surface area contributed by atoms with Crippen molar-refractivity contribution < 1.29 is 4.42 Å². The number of para-hydroxylation sites is 2. The number of hydrogen-bond acceptors (Lipinski definition) is 4. The first-order valence-corrected chi connectivity index (χ1v) is 18.9. The molecule has 3 aromatic heterocycles. The van der Waals surface area contributed by atoms with Crippen LogP contribution in [0.4, 0.5) is 0 Å². The van der Waals surface area contributed by atoms with Crippen molar-refractivity contribution in [3.63, 3.8) is 0 Å². The molecule has 0 N–H and O–H groups in total. The van der Waals surface area contributed by atoms with Gasteiger partial charge < -0.3 is 8.98 Å². The molecular formula is C51H30N4O. The number of aromatic nitrogens is 4. The molecule has 0 atom stereocenters. The lowest BCUT2D eigenvalue weighted by Gasteiger charge is -2.11. The van der Waals surface area contributed by atoms with Gasteiger partial charge in [-0.25, -0.2) is 15.0 Å². The van der Waals surface area contributed by atoms with Crippen LogP contribution in [0.2, 0.25) is 0 Å². The van der Waals surface area contributed by atoms with Gasteiger partial charge in [-0.3, -0.25) is 0 Å². The quantitative estimate of drug-likeness (QED) is 0.170. The lowest BCUT2D eigenvalue weighted by Crippen LogP contribution is -2.00. The van der Waals surface area contributed by atoms with Crippen molar-refractivity contribution in [2.45, 2.75) is 0 Å². The number of nitrogens with zero attached hydrogens (tertiary/aromatic N) is 4. The van der Waals surface area contributed by atoms with Crippen LogP contribution in [0.15, 0.2) is 186 Å². The molecule has 0 aliphatic carbocycles. The fourth-order valence-corrected chi connectivity index (χ4v) is 8.65. The predicted molar refractivity (Wildman–Crippen MR) is 230 cm³/mol. The van der Waals surface area contributed by atoms with Crippen molar-refractivity contribution in [1.82, 2.24) is 19.5 Å². The molecule has 0 aliphatic heterocycles. The number of rotatable bonds is 4. The maximum absolute atomic E-state index is 6.63. The number of hydrogen-bond donors (Lipinski definition) is 0. The third-order valence-electron chi connectivity index (χ3n) is 11.2. The molecule has 0 saturated carbocycles. The molecular weight excluding hydrogens is 685 g/mol. The normalized spacial score (nSPS) is 11.9. The molecule has 5 heteroatoms. The molecule has 0 amide bonds. The molecule has 0 spiro atoms. The van der Waals surface area contributed by atoms with Crippen molar-refractivity contribution >= 4 is 76.1 Å². The van der Waals surface area contributed by atoms with Gasteiger partial charge in [0.1, 0.15) is 11.2 Å². The van der Waals surface area contributed by atoms with E-state index in [9.17, 15) is 0 Å². The van der Waals surface area contributed by atoms with Gasteiger partial charge in [-0.15, -0.1) is 0 Å². The fourth-order valence-electron chi connectivity index (χ4n) is 8.65. The van der Waals surface area contributed by atoms with E-state index in [0.29, 0.717) is 17.5 Å². The first-order valence-electron chi connectivity index (χ1n) is 18.9. The molecule has 0 fully saturated rings. The Labute approximate surface area is 320 Å². The second-order valence-electron chi connectivity index (χ2n) is 14.4. The lowest BCUT2D eigenvalue weighted by molar-refractivity contribution is 0.668. The van der Waals surface area contributed by atoms with Crippen molar-refractivity contribution in [3.05, 3.63) is 182 Å². The van der Waals surface area contributed by atoms with Gasteiger partial charge in [0.25, 0.3) is 0 Å². The zero-order chi connectivity index (χ0) is 36.7. The summed E-state index contributed by atoms with van der Waals surface area (Å²) in [5.74, 6) is 1.83. The molecule has 56 heavy (non-hydrogen) atoms. The second kappa shape index (κ2) is 11.9. The van der Waals surface area contributed by atoms with Crippen LogP contribution in [0.1, 0.15) is 0 Å². The van der Waals surface area contributed by atoms with Crippen LogP contribution >= 0.6 is 0 Å². The minimum absolute atomic E-state index is 0.596. The highest BCUT2D eigenvalue weighted by atomic mass is 16.3. The van der Waals surface area contributed by atoms with Crippen LogP contribution in [0.25, 0.3) is 116 Å². The molecule has 0 bridgehead atoms. The maximum Gasteiger partial charge on any atom is 0.164 e. The van der Waals surface area contributed by atoms with E-state index in [1.807, 2.05) is 42.5 Å². The zero-order valence-corrected chi connectivity index (χ0v) is 30.0. The molecule has 9 aromatic carbocycles. The van der Waals surface area contributed by atoms with E-state index in [1.54, 1.807) is 0 Å². The van der Waals surface area contributed by atoms with E-state index in [1.165, 1.54) is 37.7 Å². The first kappa shape index (κ1) is 30.8. The lowest BCUT2D eigenvalue weighted by atomic mass is 9.96. The molecule has 0 unspecified atom stereocenters. The summed E-state index contributed by atoms with van der Waals surface area (Å²) < 4.78 is 8.95. The van der Waals surface area contributed by atoms with Gasteiger partial charge in [-0.05, 0) is 68.7 Å². The largest absolute Gasteiger partial charge is 0.456 e. The molecule has 5 nitrogen and oxygen atoms in total. The van der Waals surface area contributed by atoms with Gasteiger partial charge in [0.2, 0.25) is 0 Å². The summed E-state index contributed by atoms with van der Waals surface area (Å²) in [6, 6.07) is 63.9. The minimum Gasteiger partial charge on any atom is -0.456 e. The molecule has 12 aromatic rings. The molecule has 0 saturated heterocycles. The molecule has 0 radical (unpaired) electrons. The third kappa shape index (κ3) is 4.64. The summed E-state index contributed by atoms with van der Waals surface area (Å²) in [5, 5.41) is 11.7. The number of benzene rings is 9. The Morgan fingerprint density at radius 3 is 1.75 bits per heavy atom. The Hall–Kier alpha value is -7.63. The summed E-state index contributed by atoms with van der Waals surface area (Å²) in [6.07, 6.45) is 0. The smallest absolute Gasteiger partial charge is 0.164 e. The second-order valence-corrected chi connectivity index (χ2v) is 14.4. The van der Waals surface area contributed by atoms with Crippen LogP contribution in [-0.2, 0) is 0 Å². The minimum atomic E-state index is 0.596. The van der Waals surface area contributed by atoms with E-state index in [4.69, 9.17) is 19.4 Å². The highest BCUT2D eigenvalue weighted by Gasteiger charge is 2.20. The highest BCUT2D eigenvalue weighted by Crippen LogP contribution is 2.40. The average Bonchev–Trinajstić information content (AvgIpc) is 3.81. The van der Waals surface area contributed by atoms with Crippen LogP contribution in [0, 0.1) is 0 Å². The van der Waals surface area contributed by atoms with Crippen LogP contribution in [0.3, 0.4) is 0 Å². The van der Waals surface area contributed by atoms with Gasteiger partial charge in [0.05, 0.1) is 11.0 Å². The highest BCUT2D eigenvalue weighted by molar-refractivity contribution is 6.18. The first-order chi connectivity index (χ1) is 27.7. The van der Waals surface area contributed by atoms with E-state index < -0.39 is 0 Å². The van der Waals surface area contributed by atoms with E-state index >= 15 is 0 Å². The summed E-state index contributed by atoms with van der Waals surface area (Å²) in [5.41, 5.74) is 7.70. The number of fused-ring (bicyclic) bond motifs is 11. The van der Waals surface area contributed by atoms with Gasteiger partial charge >= 0.3 is 0 Å². The summed E-state index contributed by atoms with van der Waals surface area (Å²) in [7, 11) is 0. The van der Waals surface area contributed by atoms with Crippen molar-refractivity contribution in [2.24, 2.45) is 0 Å². The SMILES string of the molecule is c1ccc(-c2nc(-c3ccc4c(ccc5c6ccccc6ccc45)c3)nc(-c3cccc4oc5cc(-n6c7ccccc7c7ccccc76)ccc5c34)n2)cc1. The summed E-state index contributed by atoms with van der Waals surface area (Å²) in [6.45, 7) is 0. The Kier molecular flexibility index (Phi) is 6.56. The maximum atomic E-state index is 6.63. The van der Waals surface area contributed by atoms with E-state index in [0.717, 1.165) is 60.7 Å². The van der Waals surface area contributed by atoms with Crippen molar-refractivity contribution in [2.75, 3.05) is 0 Å². The Bertz CT molecular complexity index is 3490. The standard InChI is InChI=1S/C51H30N4O/c1-2-12-32(13-3-1)49-52-50(34-23-25-37-33(29-34)22-27-38-36-14-5-4-11-31(36)21-26-39(37)38)54-51(53-49)43-17-10-20-46-48(43)42-28-24-35(30-47(42)56-46)55-44-18-8-6-15-40(44)41-16-7-9-19-45(41)55/h1-30H. The van der Waals surface area contributed by atoms with Crippen LogP contribution < -0.4 is 0 Å². The monoisotopic (exact) mass is 714 g/mol. The Morgan fingerprint density at radius 2 is 0.964 bits per heavy atom. The zero-order valence-electron chi connectivity index (χ0n) is 30.0. The van der Waals surface area contributed by atoms with Crippen molar-refractivity contribution in [3.8, 4) is 39.9 Å². The molecule has 0 aliphatic rings. The van der Waals surface area contributed by atoms with Gasteiger partial charge in [-0.1, -0.05) is 140 Å². The van der Waals surface area contributed by atoms with E-state index in [2.05, 4.69) is 144 Å². The molecule has 3 heterocycles. The predicted octanol–water partition coefficient (Wildman–Crippen LogP) is 13.3. The van der Waals surface area contributed by atoms with Gasteiger partial charge in [0, 0.05) is 50.0 Å². The van der Waals surface area contributed by atoms with Gasteiger partial charge in [0.15, 0.2) is 17.5 Å². The van der Waals surface area contributed by atoms with E-state index in [-0.39, 0.29) is 0 Å². The van der Waals surface area contributed by atoms with Crippen LogP contribution in [-0.4, -0.2) is 19.5 Å². The summed E-state index contributed by atoms with van der Waals surface area (Å²) >= 11 is 0. The number of furan rings is 1. The average molecular weight is 715 g/mol. The van der Waals surface area contributed by atoms with Gasteiger partial charge in [-0.2, -0.15) is 0 Å².